The summed E-state index contributed by atoms with van der Waals surface area (Å²) in [6.07, 6.45) is 1.87. The number of benzene rings is 3. The van der Waals surface area contributed by atoms with Crippen molar-refractivity contribution in [1.82, 2.24) is 5.01 Å². The van der Waals surface area contributed by atoms with Crippen LogP contribution in [0.3, 0.4) is 0 Å². The SMILES string of the molecule is COc1ccccc1/C=N\N(Cc1ccccc1)Cc1ccccc1. The first-order valence-electron chi connectivity index (χ1n) is 8.35. The highest BCUT2D eigenvalue weighted by molar-refractivity contribution is 5.83. The summed E-state index contributed by atoms with van der Waals surface area (Å²) in [6, 6.07) is 28.7. The molecule has 0 atom stereocenters. The van der Waals surface area contributed by atoms with Gasteiger partial charge in [0.25, 0.3) is 0 Å². The van der Waals surface area contributed by atoms with Crippen LogP contribution < -0.4 is 4.74 Å². The van der Waals surface area contributed by atoms with Crippen LogP contribution in [0.1, 0.15) is 16.7 Å². The number of hydrogen-bond acceptors (Lipinski definition) is 3. The van der Waals surface area contributed by atoms with Gasteiger partial charge in [-0.3, -0.25) is 5.01 Å². The van der Waals surface area contributed by atoms with Crippen LogP contribution in [0, 0.1) is 0 Å². The first-order valence-corrected chi connectivity index (χ1v) is 8.35. The van der Waals surface area contributed by atoms with Gasteiger partial charge in [0.1, 0.15) is 5.75 Å². The van der Waals surface area contributed by atoms with Crippen molar-refractivity contribution in [2.75, 3.05) is 7.11 Å². The summed E-state index contributed by atoms with van der Waals surface area (Å²) >= 11 is 0. The van der Waals surface area contributed by atoms with E-state index >= 15 is 0 Å². The Kier molecular flexibility index (Phi) is 5.83. The van der Waals surface area contributed by atoms with Crippen LogP contribution in [0.2, 0.25) is 0 Å². The molecule has 0 unspecified atom stereocenters. The lowest BCUT2D eigenvalue weighted by atomic mass is 10.2. The fourth-order valence-corrected chi connectivity index (χ4v) is 2.64. The maximum absolute atomic E-state index is 5.40. The zero-order chi connectivity index (χ0) is 17.3. The molecule has 0 bridgehead atoms. The normalized spacial score (nSPS) is 10.8. The minimum Gasteiger partial charge on any atom is -0.496 e. The average molecular weight is 330 g/mol. The van der Waals surface area contributed by atoms with E-state index in [2.05, 4.69) is 53.5 Å². The molecule has 0 aromatic heterocycles. The Morgan fingerprint density at radius 3 is 1.84 bits per heavy atom. The van der Waals surface area contributed by atoms with E-state index in [4.69, 9.17) is 9.84 Å². The Balaban J connectivity index is 1.81. The molecule has 0 fully saturated rings. The highest BCUT2D eigenvalue weighted by Crippen LogP contribution is 2.16. The molecule has 126 valence electrons. The summed E-state index contributed by atoms with van der Waals surface area (Å²) in [5, 5.41) is 6.79. The minimum atomic E-state index is 0.751. The monoisotopic (exact) mass is 330 g/mol. The van der Waals surface area contributed by atoms with Crippen molar-refractivity contribution in [3.05, 3.63) is 102 Å². The van der Waals surface area contributed by atoms with E-state index in [-0.39, 0.29) is 0 Å². The predicted octanol–water partition coefficient (Wildman–Crippen LogP) is 4.73. The van der Waals surface area contributed by atoms with Gasteiger partial charge in [0.05, 0.1) is 26.4 Å². The molecule has 0 heterocycles. The van der Waals surface area contributed by atoms with Crippen LogP contribution >= 0.6 is 0 Å². The van der Waals surface area contributed by atoms with E-state index in [1.807, 2.05) is 42.6 Å². The average Bonchev–Trinajstić information content (AvgIpc) is 2.68. The second-order valence-corrected chi connectivity index (χ2v) is 5.78. The standard InChI is InChI=1S/C22H22N2O/c1-25-22-15-9-8-14-21(22)16-23-24(17-19-10-4-2-5-11-19)18-20-12-6-3-7-13-20/h2-16H,17-18H2,1H3/b23-16-. The van der Waals surface area contributed by atoms with Gasteiger partial charge in [-0.15, -0.1) is 0 Å². The number of hydrogen-bond donors (Lipinski definition) is 0. The molecule has 0 radical (unpaired) electrons. The molecule has 0 saturated heterocycles. The lowest BCUT2D eigenvalue weighted by Crippen LogP contribution is -2.17. The largest absolute Gasteiger partial charge is 0.496 e. The van der Waals surface area contributed by atoms with E-state index in [1.165, 1.54) is 11.1 Å². The van der Waals surface area contributed by atoms with Gasteiger partial charge in [0.15, 0.2) is 0 Å². The zero-order valence-corrected chi connectivity index (χ0v) is 14.4. The first kappa shape index (κ1) is 16.8. The Bertz CT molecular complexity index is 759. The van der Waals surface area contributed by atoms with E-state index < -0.39 is 0 Å². The van der Waals surface area contributed by atoms with E-state index in [0.717, 1.165) is 24.4 Å². The van der Waals surface area contributed by atoms with Crippen LogP contribution in [0.4, 0.5) is 0 Å². The number of rotatable bonds is 7. The van der Waals surface area contributed by atoms with Gasteiger partial charge in [-0.1, -0.05) is 72.8 Å². The van der Waals surface area contributed by atoms with Crippen LogP contribution in [-0.2, 0) is 13.1 Å². The van der Waals surface area contributed by atoms with Crippen molar-refractivity contribution in [3.63, 3.8) is 0 Å². The van der Waals surface area contributed by atoms with Crippen LogP contribution in [0.5, 0.6) is 5.75 Å². The third-order valence-electron chi connectivity index (χ3n) is 3.91. The molecule has 0 aliphatic rings. The number of hydrazone groups is 1. The summed E-state index contributed by atoms with van der Waals surface area (Å²) in [5.41, 5.74) is 3.43. The number of ether oxygens (including phenoxy) is 1. The number of para-hydroxylation sites is 1. The fourth-order valence-electron chi connectivity index (χ4n) is 2.64. The second-order valence-electron chi connectivity index (χ2n) is 5.78. The van der Waals surface area contributed by atoms with Gasteiger partial charge in [0, 0.05) is 5.56 Å². The maximum atomic E-state index is 5.40. The highest BCUT2D eigenvalue weighted by Gasteiger charge is 2.05. The molecule has 3 rings (SSSR count). The van der Waals surface area contributed by atoms with Crippen molar-refractivity contribution in [3.8, 4) is 5.75 Å². The summed E-state index contributed by atoms with van der Waals surface area (Å²) in [7, 11) is 1.68. The molecule has 0 saturated carbocycles. The topological polar surface area (TPSA) is 24.8 Å². The highest BCUT2D eigenvalue weighted by atomic mass is 16.5. The third kappa shape index (κ3) is 4.95. The van der Waals surface area contributed by atoms with E-state index in [9.17, 15) is 0 Å². The predicted molar refractivity (Wildman–Crippen MR) is 103 cm³/mol. The Morgan fingerprint density at radius 2 is 1.28 bits per heavy atom. The van der Waals surface area contributed by atoms with Gasteiger partial charge < -0.3 is 4.74 Å². The first-order chi connectivity index (χ1) is 12.3. The van der Waals surface area contributed by atoms with E-state index in [0.29, 0.717) is 0 Å². The second kappa shape index (κ2) is 8.69. The van der Waals surface area contributed by atoms with Gasteiger partial charge in [-0.05, 0) is 23.3 Å². The van der Waals surface area contributed by atoms with Crippen LogP contribution in [-0.4, -0.2) is 18.3 Å². The molecular weight excluding hydrogens is 308 g/mol. The van der Waals surface area contributed by atoms with Crippen LogP contribution in [0.25, 0.3) is 0 Å². The summed E-state index contributed by atoms with van der Waals surface area (Å²) in [5.74, 6) is 0.825. The van der Waals surface area contributed by atoms with Crippen molar-refractivity contribution < 1.29 is 4.74 Å². The third-order valence-corrected chi connectivity index (χ3v) is 3.91. The fraction of sp³-hybridized carbons (Fsp3) is 0.136. The molecule has 0 spiro atoms. The van der Waals surface area contributed by atoms with Crippen molar-refractivity contribution in [2.24, 2.45) is 5.10 Å². The quantitative estimate of drug-likeness (QED) is 0.462. The van der Waals surface area contributed by atoms with Gasteiger partial charge in [0.2, 0.25) is 0 Å². The molecule has 3 nitrogen and oxygen atoms in total. The molecule has 3 heteroatoms. The Labute approximate surface area is 149 Å². The Morgan fingerprint density at radius 1 is 0.760 bits per heavy atom. The lowest BCUT2D eigenvalue weighted by molar-refractivity contribution is 0.272. The molecular formula is C22H22N2O. The van der Waals surface area contributed by atoms with Gasteiger partial charge in [-0.2, -0.15) is 5.10 Å². The number of methoxy groups -OCH3 is 1. The van der Waals surface area contributed by atoms with Gasteiger partial charge in [-0.25, -0.2) is 0 Å². The number of nitrogens with zero attached hydrogens (tertiary/aromatic N) is 2. The van der Waals surface area contributed by atoms with Crippen LogP contribution in [0.15, 0.2) is 90.0 Å². The molecule has 0 N–H and O–H groups in total. The van der Waals surface area contributed by atoms with Crippen molar-refractivity contribution in [2.45, 2.75) is 13.1 Å². The summed E-state index contributed by atoms with van der Waals surface area (Å²) in [6.45, 7) is 1.50. The smallest absolute Gasteiger partial charge is 0.127 e. The molecule has 0 aliphatic heterocycles. The zero-order valence-electron chi connectivity index (χ0n) is 14.4. The summed E-state index contributed by atoms with van der Waals surface area (Å²) in [4.78, 5) is 0. The van der Waals surface area contributed by atoms with Gasteiger partial charge >= 0.3 is 0 Å². The maximum Gasteiger partial charge on any atom is 0.127 e. The van der Waals surface area contributed by atoms with Crippen molar-refractivity contribution >= 4 is 6.21 Å². The molecule has 3 aromatic carbocycles. The van der Waals surface area contributed by atoms with Crippen molar-refractivity contribution in [1.29, 1.82) is 0 Å². The van der Waals surface area contributed by atoms with E-state index in [1.54, 1.807) is 7.11 Å². The summed E-state index contributed by atoms with van der Waals surface area (Å²) < 4.78 is 5.40. The molecule has 3 aromatic rings. The molecule has 0 aliphatic carbocycles. The Hall–Kier alpha value is -3.07. The molecule has 25 heavy (non-hydrogen) atoms. The molecule has 0 amide bonds. The lowest BCUT2D eigenvalue weighted by Gasteiger charge is -2.19. The minimum absolute atomic E-state index is 0.751.